The number of hydrogen-bond acceptors (Lipinski definition) is 0. The molecular weight excluding hydrogens is 997 g/mol. The van der Waals surface area contributed by atoms with Crippen LogP contribution in [0.1, 0.15) is 420 Å². The van der Waals surface area contributed by atoms with Crippen LogP contribution in [0.5, 0.6) is 0 Å². The molecule has 0 radical (unpaired) electrons. The second-order valence-electron chi connectivity index (χ2n) is 16.3. The summed E-state index contributed by atoms with van der Waals surface area (Å²) in [6.45, 7) is 0. The summed E-state index contributed by atoms with van der Waals surface area (Å²) in [6, 6.07) is 0. The van der Waals surface area contributed by atoms with Crippen LogP contribution in [0.25, 0.3) is 0 Å². The van der Waals surface area contributed by atoms with Gasteiger partial charge >= 0.3 is 0 Å². The summed E-state index contributed by atoms with van der Waals surface area (Å²) in [6.07, 6.45) is 54.4. The van der Waals surface area contributed by atoms with Gasteiger partial charge in [0.25, 0.3) is 0 Å². The summed E-state index contributed by atoms with van der Waals surface area (Å²) in [5, 5.41) is 0. The maximum Gasteiger partial charge on any atom is -0.0202 e. The summed E-state index contributed by atoms with van der Waals surface area (Å²) in [4.78, 5) is 0. The third-order valence-corrected chi connectivity index (χ3v) is 12.9. The van der Waals surface area contributed by atoms with Crippen LogP contribution in [0.3, 0.4) is 0 Å². The van der Waals surface area contributed by atoms with Crippen LogP contribution in [0.4, 0.5) is 0 Å². The summed E-state index contributed by atoms with van der Waals surface area (Å²) in [5.74, 6) is 12.6. The molecule has 8 unspecified atom stereocenters. The van der Waals surface area contributed by atoms with Crippen LogP contribution in [-0.2, 0) is 0 Å². The van der Waals surface area contributed by atoms with E-state index in [4.69, 9.17) is 0 Å². The van der Waals surface area contributed by atoms with Crippen LogP contribution in [-0.4, -0.2) is 0 Å². The first kappa shape index (κ1) is 244. The highest BCUT2D eigenvalue weighted by Crippen LogP contribution is 2.47. The van der Waals surface area contributed by atoms with Crippen molar-refractivity contribution in [1.29, 1.82) is 0 Å². The van der Waals surface area contributed by atoms with Gasteiger partial charge in [-0.15, -0.1) is 0 Å². The van der Waals surface area contributed by atoms with Crippen molar-refractivity contribution in [3.63, 3.8) is 0 Å². The Balaban J connectivity index is -0.00000000919. The van der Waals surface area contributed by atoms with E-state index in [-0.39, 0.29) is 304 Å². The molecule has 0 heteroatoms. The van der Waals surface area contributed by atoms with Crippen molar-refractivity contribution in [3.05, 3.63) is 72.9 Å². The standard InChI is InChI=1S/6C7H10.41CH4/c1-2-7-4-3-6(1)5-7;2*1-2-6-4-7(3-1)5-6;1-2-6-4-5-7(6)3-1;2*1-2-4-7-5-6(7)3-1;;;;;;;;;;;;;;;;;;;;;;;;;;;;;;;;;;;;;;;;;/h4*1-2,6-7H,3-5H2;1,3,6-7H,2,4-5H2;1-2,6-7H,3-5H2;41*1H4. The van der Waals surface area contributed by atoms with Crippen molar-refractivity contribution in [2.24, 2.45) is 71.0 Å². The zero-order chi connectivity index (χ0) is 28.1. The normalized spacial score (nSPS) is 23.1. The number of fused-ring (bicyclic) bond motifs is 7. The number of rotatable bonds is 0. The van der Waals surface area contributed by atoms with Crippen molar-refractivity contribution >= 4 is 0 Å². The molecule has 14 aliphatic rings. The molecule has 14 aliphatic carbocycles. The van der Waals surface area contributed by atoms with E-state index in [2.05, 4.69) is 72.9 Å². The Bertz CT molecular complexity index is 978. The van der Waals surface area contributed by atoms with E-state index in [1.54, 1.807) is 0 Å². The van der Waals surface area contributed by atoms with Crippen LogP contribution in [0, 0.1) is 71.0 Å². The average molecular weight is 1220 g/mol. The quantitative estimate of drug-likeness (QED) is 0.212. The zero-order valence-electron chi connectivity index (χ0n) is 26.6. The molecular formula is C83H224. The molecule has 83 heavy (non-hydrogen) atoms. The van der Waals surface area contributed by atoms with Gasteiger partial charge in [-0.1, -0.05) is 377 Å². The molecule has 0 N–H and O–H groups in total. The third kappa shape index (κ3) is 74.6. The van der Waals surface area contributed by atoms with Crippen LogP contribution in [0.15, 0.2) is 72.9 Å². The van der Waals surface area contributed by atoms with E-state index >= 15 is 0 Å². The van der Waals surface area contributed by atoms with Crippen molar-refractivity contribution in [2.75, 3.05) is 0 Å². The Morgan fingerprint density at radius 1 is 0.169 bits per heavy atom. The molecule has 0 aromatic heterocycles. The Morgan fingerprint density at radius 2 is 0.470 bits per heavy atom. The second kappa shape index (κ2) is 122. The van der Waals surface area contributed by atoms with Crippen molar-refractivity contribution < 1.29 is 0 Å². The van der Waals surface area contributed by atoms with E-state index in [0.29, 0.717) is 0 Å². The van der Waals surface area contributed by atoms with Crippen LogP contribution < -0.4 is 0 Å². The minimum Gasteiger partial charge on any atom is -0.0882 e. The molecule has 0 amide bonds. The predicted octanol–water partition coefficient (Wildman–Crippen LogP) is 37.9. The minimum atomic E-state index is 0. The largest absolute Gasteiger partial charge is 0.0882 e. The highest BCUT2D eigenvalue weighted by atomic mass is 14.4. The Morgan fingerprint density at radius 3 is 0.602 bits per heavy atom. The Kier molecular flexibility index (Phi) is 360. The topological polar surface area (TPSA) is 0 Å². The Labute approximate surface area is 561 Å². The molecule has 6 saturated carbocycles. The van der Waals surface area contributed by atoms with Gasteiger partial charge in [-0.25, -0.2) is 0 Å². The monoisotopic (exact) mass is 1220 g/mol. The van der Waals surface area contributed by atoms with E-state index in [1.165, 1.54) is 116 Å². The fraction of sp³-hybridized carbons (Fsp3) is 0.855. The van der Waals surface area contributed by atoms with Crippen molar-refractivity contribution in [3.8, 4) is 0 Å². The molecule has 6 fully saturated rings. The number of hydrogen-bond donors (Lipinski definition) is 0. The average Bonchev–Trinajstić information content (AvgIpc) is 3.85. The maximum absolute atomic E-state index is 2.38. The summed E-state index contributed by atoms with van der Waals surface area (Å²) in [5.41, 5.74) is 0. The van der Waals surface area contributed by atoms with Crippen molar-refractivity contribution in [1.82, 2.24) is 0 Å². The minimum absolute atomic E-state index is 0. The van der Waals surface area contributed by atoms with Gasteiger partial charge in [-0.05, 0) is 187 Å². The van der Waals surface area contributed by atoms with Gasteiger partial charge < -0.3 is 0 Å². The molecule has 0 aromatic rings. The van der Waals surface area contributed by atoms with E-state index < -0.39 is 0 Å². The first-order valence-electron chi connectivity index (χ1n) is 18.7. The van der Waals surface area contributed by atoms with E-state index in [0.717, 1.165) is 71.0 Å². The highest BCUT2D eigenvalue weighted by Gasteiger charge is 2.36. The van der Waals surface area contributed by atoms with Gasteiger partial charge in [-0.2, -0.15) is 0 Å². The third-order valence-electron chi connectivity index (χ3n) is 12.9. The molecule has 556 valence electrons. The van der Waals surface area contributed by atoms with Gasteiger partial charge in [0, 0.05) is 0 Å². The molecule has 6 bridgehead atoms. The van der Waals surface area contributed by atoms with E-state index in [9.17, 15) is 0 Å². The molecule has 8 atom stereocenters. The highest BCUT2D eigenvalue weighted by molar-refractivity contribution is 5.08. The van der Waals surface area contributed by atoms with Gasteiger partial charge in [0.15, 0.2) is 0 Å². The lowest BCUT2D eigenvalue weighted by Crippen LogP contribution is -2.24. The SMILES string of the molecule is C.C.C.C.C.C.C.C.C.C.C.C.C.C.C.C.C.C.C.C.C.C.C.C.C.C.C.C.C.C.C.C.C.C.C.C.C.C.C.C.C.C1=CC2CC(C1)C2.C1=CC2CC(C1)C2.C1=CC2CC2CC1.C1=CC2CCC1C2.C1=CC2CCC2C1.C1=CCC2CC2C1. The summed E-state index contributed by atoms with van der Waals surface area (Å²) in [7, 11) is 0. The molecule has 0 aromatic carbocycles. The van der Waals surface area contributed by atoms with Gasteiger partial charge in [0.05, 0.1) is 0 Å². The first-order valence-corrected chi connectivity index (χ1v) is 18.7. The molecule has 14 rings (SSSR count). The molecule has 0 heterocycles. The van der Waals surface area contributed by atoms with Gasteiger partial charge in [0.2, 0.25) is 0 Å². The van der Waals surface area contributed by atoms with E-state index in [1.807, 2.05) is 0 Å². The van der Waals surface area contributed by atoms with Crippen molar-refractivity contribution in [2.45, 2.75) is 420 Å². The fourth-order valence-corrected chi connectivity index (χ4v) is 9.34. The van der Waals surface area contributed by atoms with Crippen LogP contribution in [0.2, 0.25) is 0 Å². The maximum atomic E-state index is 2.38. The van der Waals surface area contributed by atoms with Gasteiger partial charge in [-0.3, -0.25) is 0 Å². The van der Waals surface area contributed by atoms with Gasteiger partial charge in [0.1, 0.15) is 0 Å². The van der Waals surface area contributed by atoms with Crippen LogP contribution >= 0.6 is 0 Å². The molecule has 0 spiro atoms. The zero-order valence-corrected chi connectivity index (χ0v) is 26.6. The summed E-state index contributed by atoms with van der Waals surface area (Å²) >= 11 is 0. The predicted molar refractivity (Wildman–Crippen MR) is 456 cm³/mol. The summed E-state index contributed by atoms with van der Waals surface area (Å²) < 4.78 is 0. The fourth-order valence-electron chi connectivity index (χ4n) is 9.34. The lowest BCUT2D eigenvalue weighted by molar-refractivity contribution is 0.224. The second-order valence-corrected chi connectivity index (χ2v) is 16.3. The lowest BCUT2D eigenvalue weighted by atomic mass is 9.69. The molecule has 0 saturated heterocycles. The lowest BCUT2D eigenvalue weighted by Gasteiger charge is -2.36. The smallest absolute Gasteiger partial charge is 0.0202 e. The Hall–Kier alpha value is -1.56. The first-order chi connectivity index (χ1) is 20.7. The number of allylic oxidation sites excluding steroid dienone is 12. The molecule has 0 aliphatic heterocycles. The molecule has 0 nitrogen and oxygen atoms in total.